The summed E-state index contributed by atoms with van der Waals surface area (Å²) in [7, 11) is 0. The molecule has 0 spiro atoms. The van der Waals surface area contributed by atoms with E-state index in [1.165, 1.54) is 18.4 Å². The summed E-state index contributed by atoms with van der Waals surface area (Å²) in [6.45, 7) is 4.36. The van der Waals surface area contributed by atoms with Crippen molar-refractivity contribution >= 4 is 11.6 Å². The zero-order valence-electron chi connectivity index (χ0n) is 14.5. The standard InChI is InChI=1S/C19H23N5O/c1-12-10-23(11-16-21-22-18(24(12)16)14-7-8-14)19(25)15-6-2-4-13-5-3-9-20-17(13)15/h2,4,6,12,14,20H,3,5,7-11H2,1H3/t12-/m0/s1. The number of rotatable bonds is 2. The molecule has 1 aromatic heterocycles. The molecule has 1 saturated carbocycles. The fourth-order valence-electron chi connectivity index (χ4n) is 4.19. The third-order valence-electron chi connectivity index (χ3n) is 5.59. The average Bonchev–Trinajstić information content (AvgIpc) is 3.39. The lowest BCUT2D eigenvalue weighted by Crippen LogP contribution is -2.41. The number of nitrogens with zero attached hydrogens (tertiary/aromatic N) is 4. The largest absolute Gasteiger partial charge is 0.384 e. The first kappa shape index (κ1) is 14.9. The van der Waals surface area contributed by atoms with E-state index in [4.69, 9.17) is 0 Å². The van der Waals surface area contributed by atoms with E-state index in [-0.39, 0.29) is 11.9 Å². The molecule has 0 bridgehead atoms. The molecule has 0 saturated heterocycles. The lowest BCUT2D eigenvalue weighted by Gasteiger charge is -2.33. The minimum Gasteiger partial charge on any atom is -0.384 e. The predicted octanol–water partition coefficient (Wildman–Crippen LogP) is 2.73. The Hall–Kier alpha value is -2.37. The number of aryl methyl sites for hydroxylation is 1. The van der Waals surface area contributed by atoms with E-state index in [9.17, 15) is 4.79 Å². The quantitative estimate of drug-likeness (QED) is 0.915. The van der Waals surface area contributed by atoms with Gasteiger partial charge in [-0.15, -0.1) is 10.2 Å². The van der Waals surface area contributed by atoms with Gasteiger partial charge >= 0.3 is 0 Å². The third-order valence-corrected chi connectivity index (χ3v) is 5.59. The van der Waals surface area contributed by atoms with Gasteiger partial charge in [0.25, 0.3) is 5.91 Å². The highest BCUT2D eigenvalue weighted by molar-refractivity contribution is 6.00. The summed E-state index contributed by atoms with van der Waals surface area (Å²) in [6.07, 6.45) is 4.60. The van der Waals surface area contributed by atoms with Crippen molar-refractivity contribution in [3.05, 3.63) is 41.0 Å². The van der Waals surface area contributed by atoms with Crippen LogP contribution in [-0.2, 0) is 13.0 Å². The van der Waals surface area contributed by atoms with E-state index in [0.717, 1.165) is 42.3 Å². The molecule has 1 aromatic carbocycles. The van der Waals surface area contributed by atoms with Crippen LogP contribution < -0.4 is 5.32 Å². The first-order valence-electron chi connectivity index (χ1n) is 9.31. The minimum atomic E-state index is 0.0975. The highest BCUT2D eigenvalue weighted by Gasteiger charge is 2.36. The molecule has 1 atom stereocenters. The van der Waals surface area contributed by atoms with Crippen molar-refractivity contribution < 1.29 is 4.79 Å². The first-order valence-corrected chi connectivity index (χ1v) is 9.31. The Morgan fingerprint density at radius 2 is 2.16 bits per heavy atom. The number of anilines is 1. The smallest absolute Gasteiger partial charge is 0.256 e. The van der Waals surface area contributed by atoms with E-state index < -0.39 is 0 Å². The number of para-hydroxylation sites is 1. The molecule has 6 nitrogen and oxygen atoms in total. The summed E-state index contributed by atoms with van der Waals surface area (Å²) < 4.78 is 2.26. The zero-order valence-corrected chi connectivity index (χ0v) is 14.5. The SMILES string of the molecule is C[C@H]1CN(C(=O)c2cccc3c2NCCC3)Cc2nnc(C3CC3)n21. The molecular formula is C19H23N5O. The topological polar surface area (TPSA) is 63.1 Å². The number of amides is 1. The molecule has 1 fully saturated rings. The fourth-order valence-corrected chi connectivity index (χ4v) is 4.19. The van der Waals surface area contributed by atoms with Gasteiger partial charge < -0.3 is 14.8 Å². The lowest BCUT2D eigenvalue weighted by molar-refractivity contribution is 0.0680. The number of aromatic nitrogens is 3. The molecule has 2 aliphatic heterocycles. The summed E-state index contributed by atoms with van der Waals surface area (Å²) in [4.78, 5) is 15.1. The van der Waals surface area contributed by atoms with Crippen LogP contribution in [0.3, 0.4) is 0 Å². The molecule has 2 aromatic rings. The number of hydrogen-bond acceptors (Lipinski definition) is 4. The number of benzene rings is 1. The highest BCUT2D eigenvalue weighted by Crippen LogP contribution is 2.41. The van der Waals surface area contributed by atoms with Gasteiger partial charge in [0.05, 0.1) is 23.8 Å². The first-order chi connectivity index (χ1) is 12.2. The monoisotopic (exact) mass is 337 g/mol. The van der Waals surface area contributed by atoms with E-state index in [2.05, 4.69) is 33.1 Å². The maximum Gasteiger partial charge on any atom is 0.256 e. The Bertz CT molecular complexity index is 838. The lowest BCUT2D eigenvalue weighted by atomic mass is 9.98. The van der Waals surface area contributed by atoms with Crippen molar-refractivity contribution in [1.29, 1.82) is 0 Å². The molecule has 0 radical (unpaired) electrons. The minimum absolute atomic E-state index is 0.0975. The predicted molar refractivity (Wildman–Crippen MR) is 94.7 cm³/mol. The van der Waals surface area contributed by atoms with E-state index in [1.54, 1.807) is 0 Å². The zero-order chi connectivity index (χ0) is 17.0. The Morgan fingerprint density at radius 3 is 3.00 bits per heavy atom. The molecule has 0 unspecified atom stereocenters. The number of fused-ring (bicyclic) bond motifs is 2. The van der Waals surface area contributed by atoms with Crippen LogP contribution in [0.1, 0.15) is 65.7 Å². The van der Waals surface area contributed by atoms with E-state index >= 15 is 0 Å². The Morgan fingerprint density at radius 1 is 1.28 bits per heavy atom. The Kier molecular flexibility index (Phi) is 3.33. The molecule has 3 heterocycles. The van der Waals surface area contributed by atoms with Gasteiger partial charge in [0.15, 0.2) is 5.82 Å². The molecular weight excluding hydrogens is 314 g/mol. The second-order valence-electron chi connectivity index (χ2n) is 7.52. The van der Waals surface area contributed by atoms with Crippen LogP contribution in [0.5, 0.6) is 0 Å². The molecule has 5 rings (SSSR count). The second-order valence-corrected chi connectivity index (χ2v) is 7.52. The molecule has 1 aliphatic carbocycles. The van der Waals surface area contributed by atoms with E-state index in [0.29, 0.717) is 19.0 Å². The average molecular weight is 337 g/mol. The molecule has 6 heteroatoms. The maximum absolute atomic E-state index is 13.2. The van der Waals surface area contributed by atoms with Crippen molar-refractivity contribution in [2.75, 3.05) is 18.4 Å². The molecule has 25 heavy (non-hydrogen) atoms. The van der Waals surface area contributed by atoms with Crippen LogP contribution >= 0.6 is 0 Å². The van der Waals surface area contributed by atoms with Crippen molar-refractivity contribution in [1.82, 2.24) is 19.7 Å². The van der Waals surface area contributed by atoms with Crippen molar-refractivity contribution in [2.24, 2.45) is 0 Å². The van der Waals surface area contributed by atoms with Gasteiger partial charge in [0.1, 0.15) is 5.82 Å². The highest BCUT2D eigenvalue weighted by atomic mass is 16.2. The van der Waals surface area contributed by atoms with Gasteiger partial charge in [-0.25, -0.2) is 0 Å². The Balaban J connectivity index is 1.45. The van der Waals surface area contributed by atoms with Crippen LogP contribution in [0.4, 0.5) is 5.69 Å². The van der Waals surface area contributed by atoms with Gasteiger partial charge in [-0.05, 0) is 44.2 Å². The van der Waals surface area contributed by atoms with Gasteiger partial charge in [-0.1, -0.05) is 12.1 Å². The van der Waals surface area contributed by atoms with Crippen LogP contribution in [0, 0.1) is 0 Å². The number of nitrogens with one attached hydrogen (secondary N) is 1. The van der Waals surface area contributed by atoms with Gasteiger partial charge in [-0.2, -0.15) is 0 Å². The van der Waals surface area contributed by atoms with Crippen molar-refractivity contribution in [3.63, 3.8) is 0 Å². The van der Waals surface area contributed by atoms with E-state index in [1.807, 2.05) is 17.0 Å². The molecule has 1 amide bonds. The Labute approximate surface area is 147 Å². The van der Waals surface area contributed by atoms with Crippen LogP contribution in [-0.4, -0.2) is 38.7 Å². The second kappa shape index (κ2) is 5.58. The summed E-state index contributed by atoms with van der Waals surface area (Å²) in [5.74, 6) is 2.72. The number of hydrogen-bond donors (Lipinski definition) is 1. The summed E-state index contributed by atoms with van der Waals surface area (Å²) in [5, 5.41) is 12.2. The number of carbonyl (C=O) groups is 1. The van der Waals surface area contributed by atoms with Gasteiger partial charge in [-0.3, -0.25) is 4.79 Å². The van der Waals surface area contributed by atoms with Crippen LogP contribution in [0.25, 0.3) is 0 Å². The molecule has 3 aliphatic rings. The summed E-state index contributed by atoms with van der Waals surface area (Å²) in [5.41, 5.74) is 3.07. The molecule has 1 N–H and O–H groups in total. The molecule has 130 valence electrons. The van der Waals surface area contributed by atoms with Crippen molar-refractivity contribution in [2.45, 2.75) is 51.1 Å². The maximum atomic E-state index is 13.2. The normalized spacial score (nSPS) is 22.1. The number of carbonyl (C=O) groups excluding carboxylic acids is 1. The van der Waals surface area contributed by atoms with Gasteiger partial charge in [0, 0.05) is 19.0 Å². The third kappa shape index (κ3) is 2.42. The fraction of sp³-hybridized carbons (Fsp3) is 0.526. The summed E-state index contributed by atoms with van der Waals surface area (Å²) in [6, 6.07) is 6.29. The summed E-state index contributed by atoms with van der Waals surface area (Å²) >= 11 is 0. The van der Waals surface area contributed by atoms with Crippen LogP contribution in [0.15, 0.2) is 18.2 Å². The van der Waals surface area contributed by atoms with Crippen LogP contribution in [0.2, 0.25) is 0 Å². The van der Waals surface area contributed by atoms with Crippen molar-refractivity contribution in [3.8, 4) is 0 Å². The van der Waals surface area contributed by atoms with Gasteiger partial charge in [0.2, 0.25) is 0 Å².